The van der Waals surface area contributed by atoms with E-state index >= 15 is 0 Å². The van der Waals surface area contributed by atoms with Crippen LogP contribution in [0.1, 0.15) is 93.6 Å². The number of ketones is 3. The standard InChI is InChI=1S/C36H52BN7O10/c1-23(35(50)44-16-6-11-32(44)37(53)54)42-34(49)24-12-14-26(15-13-24)40-21-29(46)10-5-9-28(45)8-4-2-3-7-25(36(51)52)17-31(47)30(43-33(48)19-38)18-27-20-39-22-41-27/h12-15,20,22-23,25,30,32,40,53-54H,2-11,16-19,21,38H2,1H3,(H,39,41)(H,42,49)(H,43,48)(H,51,52)/t23-,25-,30?,32+/m1/s1. The minimum atomic E-state index is -1.64. The molecule has 0 radical (unpaired) electrons. The number of aliphatic carboxylic acids is 1. The Kier molecular flexibility index (Phi) is 18.0. The van der Waals surface area contributed by atoms with Gasteiger partial charge in [0, 0.05) is 61.8 Å². The molecular weight excluding hydrogens is 701 g/mol. The molecule has 54 heavy (non-hydrogen) atoms. The van der Waals surface area contributed by atoms with Crippen molar-refractivity contribution in [2.24, 2.45) is 11.7 Å². The van der Waals surface area contributed by atoms with Gasteiger partial charge in [-0.05, 0) is 63.3 Å². The Morgan fingerprint density at radius 2 is 1.69 bits per heavy atom. The third-order valence-corrected chi connectivity index (χ3v) is 9.39. The van der Waals surface area contributed by atoms with E-state index in [9.17, 15) is 48.7 Å². The van der Waals surface area contributed by atoms with Gasteiger partial charge in [0.25, 0.3) is 5.91 Å². The Hall–Kier alpha value is -4.94. The van der Waals surface area contributed by atoms with Gasteiger partial charge >= 0.3 is 13.1 Å². The fourth-order valence-electron chi connectivity index (χ4n) is 6.31. The molecule has 18 heteroatoms. The second-order valence-corrected chi connectivity index (χ2v) is 13.6. The zero-order valence-corrected chi connectivity index (χ0v) is 30.6. The van der Waals surface area contributed by atoms with Crippen LogP contribution in [0.5, 0.6) is 0 Å². The molecule has 1 saturated heterocycles. The maximum Gasteiger partial charge on any atom is 0.475 e. The van der Waals surface area contributed by atoms with Gasteiger partial charge in [-0.3, -0.25) is 33.6 Å². The first kappa shape index (κ1) is 43.5. The molecule has 294 valence electrons. The van der Waals surface area contributed by atoms with Gasteiger partial charge in [0.2, 0.25) is 11.8 Å². The first-order valence-corrected chi connectivity index (χ1v) is 18.4. The lowest BCUT2D eigenvalue weighted by molar-refractivity contribution is -0.144. The summed E-state index contributed by atoms with van der Waals surface area (Å²) in [7, 11) is -1.64. The zero-order chi connectivity index (χ0) is 39.6. The highest BCUT2D eigenvalue weighted by molar-refractivity contribution is 6.43. The fraction of sp³-hybridized carbons (Fsp3) is 0.556. The summed E-state index contributed by atoms with van der Waals surface area (Å²) in [6, 6.07) is 4.58. The molecule has 1 fully saturated rings. The largest absolute Gasteiger partial charge is 0.481 e. The molecule has 0 spiro atoms. The maximum atomic E-state index is 13.0. The van der Waals surface area contributed by atoms with Crippen LogP contribution in [0.3, 0.4) is 0 Å². The van der Waals surface area contributed by atoms with E-state index in [0.717, 1.165) is 0 Å². The molecular formula is C36H52BN7O10. The average Bonchev–Trinajstić information content (AvgIpc) is 3.86. The van der Waals surface area contributed by atoms with E-state index in [1.165, 1.54) is 17.4 Å². The van der Waals surface area contributed by atoms with Gasteiger partial charge in [0.05, 0.1) is 37.3 Å². The van der Waals surface area contributed by atoms with E-state index in [1.807, 2.05) is 0 Å². The molecule has 1 aromatic heterocycles. The number of carbonyl (C=O) groups is 7. The lowest BCUT2D eigenvalue weighted by Crippen LogP contribution is -2.52. The van der Waals surface area contributed by atoms with Gasteiger partial charge < -0.3 is 46.7 Å². The number of amides is 3. The normalized spacial score (nSPS) is 15.5. The van der Waals surface area contributed by atoms with Gasteiger partial charge in [-0.25, -0.2) is 4.98 Å². The second kappa shape index (κ2) is 22.3. The van der Waals surface area contributed by atoms with Gasteiger partial charge in [-0.1, -0.05) is 12.8 Å². The first-order valence-electron chi connectivity index (χ1n) is 18.4. The van der Waals surface area contributed by atoms with Crippen molar-refractivity contribution in [3.8, 4) is 0 Å². The number of carbonyl (C=O) groups excluding carboxylic acids is 6. The van der Waals surface area contributed by atoms with Crippen LogP contribution in [-0.4, -0.2) is 116 Å². The highest BCUT2D eigenvalue weighted by Gasteiger charge is 2.38. The number of likely N-dealkylation sites (tertiary alicyclic amines) is 1. The average molecular weight is 754 g/mol. The Morgan fingerprint density at radius 1 is 0.981 bits per heavy atom. The summed E-state index contributed by atoms with van der Waals surface area (Å²) >= 11 is 0. The molecule has 1 aliphatic heterocycles. The number of nitrogens with zero attached hydrogens (tertiary/aromatic N) is 2. The highest BCUT2D eigenvalue weighted by Crippen LogP contribution is 2.20. The van der Waals surface area contributed by atoms with E-state index in [4.69, 9.17) is 5.73 Å². The molecule has 4 atom stereocenters. The number of aromatic amines is 1. The summed E-state index contributed by atoms with van der Waals surface area (Å²) in [6.07, 6.45) is 7.00. The van der Waals surface area contributed by atoms with Crippen LogP contribution >= 0.6 is 0 Å². The molecule has 1 unspecified atom stereocenters. The van der Waals surface area contributed by atoms with Gasteiger partial charge in [0.15, 0.2) is 11.6 Å². The molecule has 3 rings (SSSR count). The fourth-order valence-corrected chi connectivity index (χ4v) is 6.31. The topological polar surface area (TPSA) is 274 Å². The number of rotatable bonds is 25. The molecule has 0 aliphatic carbocycles. The number of nitrogens with two attached hydrogens (primary N) is 1. The van der Waals surface area contributed by atoms with Crippen molar-refractivity contribution in [2.75, 3.05) is 25.0 Å². The molecule has 2 heterocycles. The van der Waals surface area contributed by atoms with Crippen LogP contribution in [0, 0.1) is 5.92 Å². The quantitative estimate of drug-likeness (QED) is 0.0509. The van der Waals surface area contributed by atoms with Crippen molar-refractivity contribution < 1.29 is 48.7 Å². The Labute approximate surface area is 314 Å². The van der Waals surface area contributed by atoms with E-state index < -0.39 is 60.5 Å². The van der Waals surface area contributed by atoms with E-state index in [0.29, 0.717) is 68.4 Å². The van der Waals surface area contributed by atoms with Crippen LogP contribution in [0.4, 0.5) is 5.69 Å². The Bertz CT molecular complexity index is 1570. The predicted molar refractivity (Wildman–Crippen MR) is 198 cm³/mol. The highest BCUT2D eigenvalue weighted by atomic mass is 16.4. The van der Waals surface area contributed by atoms with E-state index in [2.05, 4.69) is 25.9 Å². The van der Waals surface area contributed by atoms with Crippen LogP contribution in [0.15, 0.2) is 36.8 Å². The summed E-state index contributed by atoms with van der Waals surface area (Å²) in [6.45, 7) is 1.66. The SMILES string of the molecule is C[C@@H](NC(=O)c1ccc(NCC(=O)CCCC(=O)CCCCC[C@H](CC(=O)C(Cc2cnc[nH]2)NC(=O)CN)C(=O)O)cc1)C(=O)N1CCC[C@H]1B(O)O. The third kappa shape index (κ3) is 14.5. The number of unbranched alkanes of at least 4 members (excludes halogenated alkanes) is 2. The second-order valence-electron chi connectivity index (χ2n) is 13.6. The third-order valence-electron chi connectivity index (χ3n) is 9.39. The lowest BCUT2D eigenvalue weighted by Gasteiger charge is -2.27. The van der Waals surface area contributed by atoms with Crippen molar-refractivity contribution in [3.05, 3.63) is 48.0 Å². The smallest absolute Gasteiger partial charge is 0.475 e. The molecule has 2 aromatic rings. The number of Topliss-reactive ketones (excluding diaryl/α,β-unsaturated/α-hetero) is 3. The number of H-pyrrole nitrogens is 1. The summed E-state index contributed by atoms with van der Waals surface area (Å²) in [4.78, 5) is 95.0. The number of carboxylic acids is 1. The minimum absolute atomic E-state index is 0.00846. The Morgan fingerprint density at radius 3 is 2.33 bits per heavy atom. The van der Waals surface area contributed by atoms with Crippen molar-refractivity contribution in [1.82, 2.24) is 25.5 Å². The van der Waals surface area contributed by atoms with Crippen molar-refractivity contribution in [3.63, 3.8) is 0 Å². The Balaban J connectivity index is 1.29. The molecule has 0 bridgehead atoms. The number of anilines is 1. The predicted octanol–water partition coefficient (Wildman–Crippen LogP) is 0.548. The first-order chi connectivity index (χ1) is 25.8. The van der Waals surface area contributed by atoms with Crippen LogP contribution in [-0.2, 0) is 35.2 Å². The van der Waals surface area contributed by atoms with Gasteiger partial charge in [-0.15, -0.1) is 0 Å². The zero-order valence-electron chi connectivity index (χ0n) is 30.6. The molecule has 9 N–H and O–H groups in total. The minimum Gasteiger partial charge on any atom is -0.481 e. The lowest BCUT2D eigenvalue weighted by atomic mass is 9.78. The van der Waals surface area contributed by atoms with E-state index in [-0.39, 0.29) is 56.8 Å². The number of imidazole rings is 1. The number of benzene rings is 1. The molecule has 1 aromatic carbocycles. The van der Waals surface area contributed by atoms with Crippen LogP contribution in [0.25, 0.3) is 0 Å². The molecule has 0 saturated carbocycles. The van der Waals surface area contributed by atoms with Crippen molar-refractivity contribution >= 4 is 53.8 Å². The molecule has 3 amide bonds. The summed E-state index contributed by atoms with van der Waals surface area (Å²) in [5.41, 5.74) is 6.90. The van der Waals surface area contributed by atoms with Crippen molar-refractivity contribution in [1.29, 1.82) is 0 Å². The molecule has 17 nitrogen and oxygen atoms in total. The summed E-state index contributed by atoms with van der Waals surface area (Å²) < 4.78 is 0. The number of nitrogens with one attached hydrogen (secondary N) is 4. The number of aromatic nitrogens is 2. The summed E-state index contributed by atoms with van der Waals surface area (Å²) in [5.74, 6) is -4.63. The number of carboxylic acid groups (broad SMARTS) is 1. The van der Waals surface area contributed by atoms with Gasteiger partial charge in [0.1, 0.15) is 11.8 Å². The van der Waals surface area contributed by atoms with E-state index in [1.54, 1.807) is 31.2 Å². The van der Waals surface area contributed by atoms with Crippen LogP contribution in [0.2, 0.25) is 0 Å². The van der Waals surface area contributed by atoms with Crippen LogP contribution < -0.4 is 21.7 Å². The monoisotopic (exact) mass is 753 g/mol. The summed E-state index contributed by atoms with van der Waals surface area (Å²) in [5, 5.41) is 36.9. The van der Waals surface area contributed by atoms with Crippen molar-refractivity contribution in [2.45, 2.75) is 102 Å². The number of hydrogen-bond donors (Lipinski definition) is 8. The number of hydrogen-bond acceptors (Lipinski definition) is 12. The van der Waals surface area contributed by atoms with Gasteiger partial charge in [-0.2, -0.15) is 0 Å². The maximum absolute atomic E-state index is 13.0. The molecule has 1 aliphatic rings.